The highest BCUT2D eigenvalue weighted by Gasteiger charge is 2.09. The number of hydrogen-bond acceptors (Lipinski definition) is 4. The van der Waals surface area contributed by atoms with Crippen LogP contribution in [0.2, 0.25) is 0 Å². The van der Waals surface area contributed by atoms with E-state index in [4.69, 9.17) is 10.2 Å². The molecule has 0 heterocycles. The molecule has 0 saturated heterocycles. The number of nitrogens with one attached hydrogen (secondary N) is 1. The van der Waals surface area contributed by atoms with Gasteiger partial charge in [-0.2, -0.15) is 0 Å². The molecule has 1 unspecified atom stereocenters. The SMILES string of the molecule is CC(SCCNCC(=O)O)C(=O)O. The molecular weight excluding hydrogens is 194 g/mol. The Labute approximate surface area is 80.5 Å². The summed E-state index contributed by atoms with van der Waals surface area (Å²) in [5, 5.41) is 19.0. The van der Waals surface area contributed by atoms with Crippen molar-refractivity contribution >= 4 is 23.7 Å². The summed E-state index contributed by atoms with van der Waals surface area (Å²) in [6, 6.07) is 0. The summed E-state index contributed by atoms with van der Waals surface area (Å²) in [7, 11) is 0. The van der Waals surface area contributed by atoms with Crippen LogP contribution in [0.25, 0.3) is 0 Å². The van der Waals surface area contributed by atoms with E-state index in [9.17, 15) is 9.59 Å². The number of thioether (sulfide) groups is 1. The summed E-state index contributed by atoms with van der Waals surface area (Å²) >= 11 is 1.28. The van der Waals surface area contributed by atoms with Gasteiger partial charge in [0.2, 0.25) is 0 Å². The third-order valence-electron chi connectivity index (χ3n) is 1.27. The van der Waals surface area contributed by atoms with Crippen LogP contribution >= 0.6 is 11.8 Å². The van der Waals surface area contributed by atoms with Gasteiger partial charge in [0, 0.05) is 12.3 Å². The average molecular weight is 207 g/mol. The maximum absolute atomic E-state index is 10.3. The van der Waals surface area contributed by atoms with Crippen molar-refractivity contribution in [2.24, 2.45) is 0 Å². The third-order valence-corrected chi connectivity index (χ3v) is 2.41. The molecule has 5 nitrogen and oxygen atoms in total. The Morgan fingerprint density at radius 2 is 2.08 bits per heavy atom. The molecule has 6 heteroatoms. The molecule has 0 spiro atoms. The Morgan fingerprint density at radius 3 is 2.54 bits per heavy atom. The lowest BCUT2D eigenvalue weighted by Gasteiger charge is -2.05. The minimum atomic E-state index is -0.906. The normalized spacial score (nSPS) is 12.4. The fourth-order valence-corrected chi connectivity index (χ4v) is 1.33. The first-order valence-electron chi connectivity index (χ1n) is 3.81. The molecular formula is C7H13NO4S. The van der Waals surface area contributed by atoms with Gasteiger partial charge in [0.1, 0.15) is 0 Å². The number of rotatable bonds is 7. The molecule has 0 bridgehead atoms. The van der Waals surface area contributed by atoms with Crippen molar-refractivity contribution in [3.63, 3.8) is 0 Å². The molecule has 0 aromatic carbocycles. The van der Waals surface area contributed by atoms with E-state index in [2.05, 4.69) is 5.32 Å². The fourth-order valence-electron chi connectivity index (χ4n) is 0.574. The van der Waals surface area contributed by atoms with Crippen LogP contribution in [0.3, 0.4) is 0 Å². The van der Waals surface area contributed by atoms with Gasteiger partial charge < -0.3 is 15.5 Å². The molecule has 0 rings (SSSR count). The Morgan fingerprint density at radius 1 is 1.46 bits per heavy atom. The van der Waals surface area contributed by atoms with Gasteiger partial charge in [0.05, 0.1) is 11.8 Å². The second-order valence-corrected chi connectivity index (χ2v) is 3.87. The zero-order valence-electron chi connectivity index (χ0n) is 7.32. The van der Waals surface area contributed by atoms with E-state index in [-0.39, 0.29) is 6.54 Å². The first-order chi connectivity index (χ1) is 6.04. The zero-order chi connectivity index (χ0) is 10.3. The van der Waals surface area contributed by atoms with Gasteiger partial charge >= 0.3 is 11.9 Å². The van der Waals surface area contributed by atoms with Crippen LogP contribution in [-0.2, 0) is 9.59 Å². The van der Waals surface area contributed by atoms with Crippen LogP contribution in [0, 0.1) is 0 Å². The molecule has 0 radical (unpaired) electrons. The minimum Gasteiger partial charge on any atom is -0.480 e. The smallest absolute Gasteiger partial charge is 0.317 e. The molecule has 0 aliphatic carbocycles. The van der Waals surface area contributed by atoms with Crippen molar-refractivity contribution in [1.29, 1.82) is 0 Å². The lowest BCUT2D eigenvalue weighted by Crippen LogP contribution is -2.25. The van der Waals surface area contributed by atoms with Crippen LogP contribution in [0.1, 0.15) is 6.92 Å². The molecule has 0 aliphatic rings. The van der Waals surface area contributed by atoms with Crippen molar-refractivity contribution < 1.29 is 19.8 Å². The Bertz CT molecular complexity index is 185. The highest BCUT2D eigenvalue weighted by Crippen LogP contribution is 2.08. The molecule has 0 saturated carbocycles. The lowest BCUT2D eigenvalue weighted by molar-refractivity contribution is -0.137. The van der Waals surface area contributed by atoms with E-state index in [1.807, 2.05) is 0 Å². The number of aliphatic carboxylic acids is 2. The molecule has 76 valence electrons. The molecule has 3 N–H and O–H groups in total. The minimum absolute atomic E-state index is 0.0813. The van der Waals surface area contributed by atoms with Gasteiger partial charge in [0.15, 0.2) is 0 Å². The highest BCUT2D eigenvalue weighted by atomic mass is 32.2. The first kappa shape index (κ1) is 12.2. The molecule has 1 atom stereocenters. The standard InChI is InChI=1S/C7H13NO4S/c1-5(7(11)12)13-3-2-8-4-6(9)10/h5,8H,2-4H2,1H3,(H,9,10)(H,11,12). The van der Waals surface area contributed by atoms with E-state index in [0.717, 1.165) is 0 Å². The van der Waals surface area contributed by atoms with Crippen LogP contribution < -0.4 is 5.32 Å². The van der Waals surface area contributed by atoms with E-state index in [1.165, 1.54) is 11.8 Å². The molecule has 0 aliphatic heterocycles. The third kappa shape index (κ3) is 7.61. The van der Waals surface area contributed by atoms with Gasteiger partial charge in [-0.3, -0.25) is 9.59 Å². The van der Waals surface area contributed by atoms with Gasteiger partial charge in [-0.1, -0.05) is 0 Å². The maximum atomic E-state index is 10.3. The van der Waals surface area contributed by atoms with Gasteiger partial charge in [-0.25, -0.2) is 0 Å². The van der Waals surface area contributed by atoms with E-state index in [0.29, 0.717) is 12.3 Å². The molecule has 0 fully saturated rings. The summed E-state index contributed by atoms with van der Waals surface area (Å²) in [4.78, 5) is 20.4. The van der Waals surface area contributed by atoms with Gasteiger partial charge in [-0.05, 0) is 6.92 Å². The highest BCUT2D eigenvalue weighted by molar-refractivity contribution is 8.00. The lowest BCUT2D eigenvalue weighted by atomic mass is 10.5. The topological polar surface area (TPSA) is 86.6 Å². The second kappa shape index (κ2) is 6.73. The second-order valence-electron chi connectivity index (χ2n) is 2.42. The number of carboxylic acid groups (broad SMARTS) is 2. The summed E-state index contributed by atoms with van der Waals surface area (Å²) < 4.78 is 0. The van der Waals surface area contributed by atoms with Crippen molar-refractivity contribution in [3.8, 4) is 0 Å². The van der Waals surface area contributed by atoms with Crippen LogP contribution in [0.15, 0.2) is 0 Å². The molecule has 13 heavy (non-hydrogen) atoms. The van der Waals surface area contributed by atoms with Crippen LogP contribution in [0.5, 0.6) is 0 Å². The van der Waals surface area contributed by atoms with E-state index >= 15 is 0 Å². The fraction of sp³-hybridized carbons (Fsp3) is 0.714. The predicted molar refractivity (Wildman–Crippen MR) is 50.1 cm³/mol. The summed E-state index contributed by atoms with van der Waals surface area (Å²) in [5.41, 5.74) is 0. The van der Waals surface area contributed by atoms with Gasteiger partial charge in [0.25, 0.3) is 0 Å². The summed E-state index contributed by atoms with van der Waals surface area (Å²) in [6.07, 6.45) is 0. The Kier molecular flexibility index (Phi) is 6.34. The molecule has 0 amide bonds. The number of hydrogen-bond donors (Lipinski definition) is 3. The maximum Gasteiger partial charge on any atom is 0.317 e. The van der Waals surface area contributed by atoms with Crippen molar-refractivity contribution in [3.05, 3.63) is 0 Å². The monoisotopic (exact) mass is 207 g/mol. The first-order valence-corrected chi connectivity index (χ1v) is 4.86. The number of carboxylic acids is 2. The quantitative estimate of drug-likeness (QED) is 0.504. The van der Waals surface area contributed by atoms with E-state index in [1.54, 1.807) is 6.92 Å². The summed E-state index contributed by atoms with van der Waals surface area (Å²) in [5.74, 6) is -1.15. The van der Waals surface area contributed by atoms with Crippen LogP contribution in [-0.4, -0.2) is 46.2 Å². The molecule has 0 aromatic rings. The van der Waals surface area contributed by atoms with Crippen molar-refractivity contribution in [2.45, 2.75) is 12.2 Å². The van der Waals surface area contributed by atoms with Gasteiger partial charge in [-0.15, -0.1) is 11.8 Å². The number of carbonyl (C=O) groups is 2. The summed E-state index contributed by atoms with van der Waals surface area (Å²) in [6.45, 7) is 2.03. The predicted octanol–water partition coefficient (Wildman–Crippen LogP) is -0.133. The van der Waals surface area contributed by atoms with E-state index < -0.39 is 17.2 Å². The van der Waals surface area contributed by atoms with Crippen molar-refractivity contribution in [2.75, 3.05) is 18.8 Å². The van der Waals surface area contributed by atoms with Crippen molar-refractivity contribution in [1.82, 2.24) is 5.32 Å². The van der Waals surface area contributed by atoms with Crippen LogP contribution in [0.4, 0.5) is 0 Å². The average Bonchev–Trinajstić information content (AvgIpc) is 2.02. The Hall–Kier alpha value is -0.750. The molecule has 0 aromatic heterocycles. The zero-order valence-corrected chi connectivity index (χ0v) is 8.13. The largest absolute Gasteiger partial charge is 0.480 e. The Balaban J connectivity index is 3.26.